The molecule has 2 N–H and O–H groups in total. The van der Waals surface area contributed by atoms with Crippen LogP contribution in [-0.2, 0) is 13.6 Å². The lowest BCUT2D eigenvalue weighted by molar-refractivity contribution is -0.384. The molecule has 1 heterocycles. The number of nitrogens with zero attached hydrogens (tertiary/aromatic N) is 4. The third-order valence-corrected chi connectivity index (χ3v) is 2.78. The Morgan fingerprint density at radius 2 is 2.22 bits per heavy atom. The highest BCUT2D eigenvalue weighted by Crippen LogP contribution is 2.30. The van der Waals surface area contributed by atoms with Gasteiger partial charge in [-0.1, -0.05) is 11.6 Å². The number of nitro benzene ring substituents is 1. The van der Waals surface area contributed by atoms with Crippen LogP contribution in [0.3, 0.4) is 0 Å². The minimum Gasteiger partial charge on any atom is -0.324 e. The summed E-state index contributed by atoms with van der Waals surface area (Å²) in [6.45, 7) is 0.213. The molecule has 2 rings (SSSR count). The van der Waals surface area contributed by atoms with E-state index in [0.717, 1.165) is 0 Å². The lowest BCUT2D eigenvalue weighted by atomic mass is 10.1. The van der Waals surface area contributed by atoms with Gasteiger partial charge < -0.3 is 10.3 Å². The lowest BCUT2D eigenvalue weighted by Gasteiger charge is -2.04. The highest BCUT2D eigenvalue weighted by Gasteiger charge is 2.20. The quantitative estimate of drug-likeness (QED) is 0.671. The zero-order valence-corrected chi connectivity index (χ0v) is 10.3. The Hall–Kier alpha value is -1.99. The first-order chi connectivity index (χ1) is 8.54. The predicted octanol–water partition coefficient (Wildman–Crippen LogP) is 1.50. The van der Waals surface area contributed by atoms with E-state index in [4.69, 9.17) is 17.3 Å². The maximum absolute atomic E-state index is 11.0. The molecule has 0 atom stereocenters. The fourth-order valence-corrected chi connectivity index (χ4v) is 1.79. The Morgan fingerprint density at radius 3 is 2.78 bits per heavy atom. The summed E-state index contributed by atoms with van der Waals surface area (Å²) in [5.41, 5.74) is 5.74. The molecule has 0 amide bonds. The number of nitro groups is 1. The molecule has 7 nitrogen and oxygen atoms in total. The summed E-state index contributed by atoms with van der Waals surface area (Å²) in [6, 6.07) is 4.40. The highest BCUT2D eigenvalue weighted by molar-refractivity contribution is 6.30. The summed E-state index contributed by atoms with van der Waals surface area (Å²) in [6.07, 6.45) is 0. The van der Waals surface area contributed by atoms with Crippen LogP contribution in [0.25, 0.3) is 11.4 Å². The van der Waals surface area contributed by atoms with Crippen molar-refractivity contribution in [1.82, 2.24) is 14.8 Å². The van der Waals surface area contributed by atoms with Crippen molar-refractivity contribution in [2.75, 3.05) is 0 Å². The molecule has 1 aromatic carbocycles. The number of benzene rings is 1. The van der Waals surface area contributed by atoms with E-state index in [0.29, 0.717) is 22.2 Å². The van der Waals surface area contributed by atoms with Gasteiger partial charge in [0.1, 0.15) is 5.82 Å². The molecule has 0 fully saturated rings. The molecule has 2 aromatic rings. The largest absolute Gasteiger partial charge is 0.324 e. The Kier molecular flexibility index (Phi) is 3.26. The van der Waals surface area contributed by atoms with Crippen LogP contribution in [-0.4, -0.2) is 19.7 Å². The molecule has 0 unspecified atom stereocenters. The van der Waals surface area contributed by atoms with Gasteiger partial charge in [0.25, 0.3) is 5.69 Å². The van der Waals surface area contributed by atoms with Crippen molar-refractivity contribution in [2.45, 2.75) is 6.54 Å². The molecule has 0 spiro atoms. The number of hydrogen-bond donors (Lipinski definition) is 1. The van der Waals surface area contributed by atoms with E-state index in [1.807, 2.05) is 0 Å². The Morgan fingerprint density at radius 1 is 1.50 bits per heavy atom. The van der Waals surface area contributed by atoms with Crippen molar-refractivity contribution in [3.8, 4) is 11.4 Å². The molecule has 8 heteroatoms. The van der Waals surface area contributed by atoms with Crippen molar-refractivity contribution in [3.63, 3.8) is 0 Å². The summed E-state index contributed by atoms with van der Waals surface area (Å²) in [4.78, 5) is 10.5. The van der Waals surface area contributed by atoms with Crippen LogP contribution >= 0.6 is 11.6 Å². The topological polar surface area (TPSA) is 99.9 Å². The van der Waals surface area contributed by atoms with Crippen LogP contribution in [0.15, 0.2) is 18.2 Å². The van der Waals surface area contributed by atoms with Crippen molar-refractivity contribution in [2.24, 2.45) is 12.8 Å². The number of aromatic nitrogens is 3. The van der Waals surface area contributed by atoms with Crippen LogP contribution in [0.1, 0.15) is 5.82 Å². The van der Waals surface area contributed by atoms with Gasteiger partial charge in [0.15, 0.2) is 5.82 Å². The monoisotopic (exact) mass is 267 g/mol. The predicted molar refractivity (Wildman–Crippen MR) is 66.0 cm³/mol. The average Bonchev–Trinajstić information content (AvgIpc) is 2.70. The molecule has 0 saturated heterocycles. The van der Waals surface area contributed by atoms with Crippen molar-refractivity contribution < 1.29 is 4.92 Å². The summed E-state index contributed by atoms with van der Waals surface area (Å²) in [5.74, 6) is 0.938. The van der Waals surface area contributed by atoms with E-state index >= 15 is 0 Å². The molecule has 0 saturated carbocycles. The van der Waals surface area contributed by atoms with Crippen molar-refractivity contribution >= 4 is 17.3 Å². The van der Waals surface area contributed by atoms with Gasteiger partial charge in [0.05, 0.1) is 17.0 Å². The van der Waals surface area contributed by atoms with Gasteiger partial charge >= 0.3 is 0 Å². The summed E-state index contributed by atoms with van der Waals surface area (Å²) >= 11 is 5.75. The molecule has 94 valence electrons. The van der Waals surface area contributed by atoms with E-state index < -0.39 is 4.92 Å². The van der Waals surface area contributed by atoms with Crippen LogP contribution in [0, 0.1) is 10.1 Å². The van der Waals surface area contributed by atoms with Crippen LogP contribution in [0.4, 0.5) is 5.69 Å². The van der Waals surface area contributed by atoms with E-state index in [-0.39, 0.29) is 12.2 Å². The van der Waals surface area contributed by atoms with Crippen molar-refractivity contribution in [1.29, 1.82) is 0 Å². The maximum Gasteiger partial charge on any atom is 0.281 e. The Bertz CT molecular complexity index is 610. The SMILES string of the molecule is Cn1c(CN)nnc1-c1ccc(Cl)cc1[N+](=O)[O-]. The second-order valence-electron chi connectivity index (χ2n) is 3.62. The Balaban J connectivity index is 2.63. The number of halogens is 1. The third-order valence-electron chi connectivity index (χ3n) is 2.54. The second kappa shape index (κ2) is 4.71. The fraction of sp³-hybridized carbons (Fsp3) is 0.200. The fourth-order valence-electron chi connectivity index (χ4n) is 1.62. The molecule has 18 heavy (non-hydrogen) atoms. The van der Waals surface area contributed by atoms with E-state index in [9.17, 15) is 10.1 Å². The van der Waals surface area contributed by atoms with Gasteiger partial charge in [-0.3, -0.25) is 10.1 Å². The van der Waals surface area contributed by atoms with E-state index in [1.54, 1.807) is 23.7 Å². The maximum atomic E-state index is 11.0. The minimum absolute atomic E-state index is 0.110. The molecular weight excluding hydrogens is 258 g/mol. The first-order valence-electron chi connectivity index (χ1n) is 5.07. The van der Waals surface area contributed by atoms with Crippen LogP contribution in [0.5, 0.6) is 0 Å². The minimum atomic E-state index is -0.502. The first kappa shape index (κ1) is 12.5. The molecule has 0 aliphatic carbocycles. The average molecular weight is 268 g/mol. The third kappa shape index (κ3) is 2.05. The van der Waals surface area contributed by atoms with Gasteiger partial charge in [0, 0.05) is 18.1 Å². The zero-order chi connectivity index (χ0) is 13.3. The molecule has 0 bridgehead atoms. The van der Waals surface area contributed by atoms with Gasteiger partial charge in [-0.25, -0.2) is 0 Å². The van der Waals surface area contributed by atoms with Crippen molar-refractivity contribution in [3.05, 3.63) is 39.2 Å². The summed E-state index contributed by atoms with van der Waals surface area (Å²) < 4.78 is 1.62. The van der Waals surface area contributed by atoms with Gasteiger partial charge in [-0.15, -0.1) is 10.2 Å². The molecule has 0 radical (unpaired) electrons. The van der Waals surface area contributed by atoms with E-state index in [1.165, 1.54) is 6.07 Å². The smallest absolute Gasteiger partial charge is 0.281 e. The number of rotatable bonds is 3. The van der Waals surface area contributed by atoms with Crippen LogP contribution in [0.2, 0.25) is 5.02 Å². The summed E-state index contributed by atoms with van der Waals surface area (Å²) in [7, 11) is 1.70. The normalized spacial score (nSPS) is 10.6. The standard InChI is InChI=1S/C10H10ClN5O2/c1-15-9(5-12)13-14-10(15)7-3-2-6(11)4-8(7)16(17)18/h2-4H,5,12H2,1H3. The summed E-state index contributed by atoms with van der Waals surface area (Å²) in [5, 5.41) is 19.1. The molecule has 1 aromatic heterocycles. The molecule has 0 aliphatic rings. The van der Waals surface area contributed by atoms with Gasteiger partial charge in [0.2, 0.25) is 0 Å². The number of hydrogen-bond acceptors (Lipinski definition) is 5. The van der Waals surface area contributed by atoms with Gasteiger partial charge in [-0.05, 0) is 12.1 Å². The number of nitrogens with two attached hydrogens (primary N) is 1. The van der Waals surface area contributed by atoms with Gasteiger partial charge in [-0.2, -0.15) is 0 Å². The molecular formula is C10H10ClN5O2. The highest BCUT2D eigenvalue weighted by atomic mass is 35.5. The Labute approximate surface area is 107 Å². The van der Waals surface area contributed by atoms with E-state index in [2.05, 4.69) is 10.2 Å². The molecule has 0 aliphatic heterocycles. The van der Waals surface area contributed by atoms with Crippen LogP contribution < -0.4 is 5.73 Å². The first-order valence-corrected chi connectivity index (χ1v) is 5.45. The lowest BCUT2D eigenvalue weighted by Crippen LogP contribution is -2.06. The zero-order valence-electron chi connectivity index (χ0n) is 9.50. The second-order valence-corrected chi connectivity index (χ2v) is 4.06.